The SMILES string of the molecule is CCOc1ccc(-c2ccc(/C=C3/NC(=O)N(CC(=O)O)C3=O)o2)cc1. The fourth-order valence-electron chi connectivity index (χ4n) is 2.46. The lowest BCUT2D eigenvalue weighted by Gasteiger charge is -2.06. The predicted molar refractivity (Wildman–Crippen MR) is 91.2 cm³/mol. The standard InChI is InChI=1S/C18H16N2O6/c1-2-25-12-5-3-11(4-6-12)15-8-7-13(26-15)9-14-17(23)20(10-16(21)22)18(24)19-14/h3-9H,2,10H2,1H3,(H,19,24)(H,21,22)/b14-9+. The van der Waals surface area contributed by atoms with Gasteiger partial charge in [-0.05, 0) is 43.3 Å². The highest BCUT2D eigenvalue weighted by atomic mass is 16.5. The van der Waals surface area contributed by atoms with Crippen molar-refractivity contribution in [1.82, 2.24) is 10.2 Å². The summed E-state index contributed by atoms with van der Waals surface area (Å²) in [7, 11) is 0. The number of carbonyl (C=O) groups excluding carboxylic acids is 2. The van der Waals surface area contributed by atoms with E-state index in [4.69, 9.17) is 14.3 Å². The molecule has 0 atom stereocenters. The molecular weight excluding hydrogens is 340 g/mol. The molecule has 3 rings (SSSR count). The fourth-order valence-corrected chi connectivity index (χ4v) is 2.46. The van der Waals surface area contributed by atoms with Gasteiger partial charge >= 0.3 is 12.0 Å². The Morgan fingerprint density at radius 1 is 1.23 bits per heavy atom. The lowest BCUT2D eigenvalue weighted by molar-refractivity contribution is -0.140. The molecule has 0 bridgehead atoms. The molecule has 2 heterocycles. The Labute approximate surface area is 148 Å². The largest absolute Gasteiger partial charge is 0.494 e. The number of rotatable bonds is 6. The molecule has 1 saturated heterocycles. The van der Waals surface area contributed by atoms with Gasteiger partial charge in [-0.25, -0.2) is 9.69 Å². The number of carboxylic acids is 1. The van der Waals surface area contributed by atoms with Crippen molar-refractivity contribution in [2.75, 3.05) is 13.2 Å². The number of carbonyl (C=O) groups is 3. The predicted octanol–water partition coefficient (Wildman–Crippen LogP) is 2.32. The molecule has 8 nitrogen and oxygen atoms in total. The number of hydrogen-bond acceptors (Lipinski definition) is 5. The average molecular weight is 356 g/mol. The van der Waals surface area contributed by atoms with Gasteiger partial charge in [-0.15, -0.1) is 0 Å². The van der Waals surface area contributed by atoms with E-state index in [-0.39, 0.29) is 5.70 Å². The van der Waals surface area contributed by atoms with Crippen molar-refractivity contribution in [2.45, 2.75) is 6.92 Å². The summed E-state index contributed by atoms with van der Waals surface area (Å²) in [4.78, 5) is 35.1. The molecule has 0 spiro atoms. The van der Waals surface area contributed by atoms with Crippen LogP contribution in [0.2, 0.25) is 0 Å². The molecule has 1 aliphatic rings. The molecule has 1 aromatic carbocycles. The first-order valence-corrected chi connectivity index (χ1v) is 7.87. The molecule has 0 radical (unpaired) electrons. The van der Waals surface area contributed by atoms with Crippen LogP contribution in [0.15, 0.2) is 46.5 Å². The zero-order valence-corrected chi connectivity index (χ0v) is 13.9. The van der Waals surface area contributed by atoms with Crippen LogP contribution in [0.5, 0.6) is 5.75 Å². The Morgan fingerprint density at radius 2 is 1.96 bits per heavy atom. The van der Waals surface area contributed by atoms with Gasteiger partial charge in [0.2, 0.25) is 0 Å². The summed E-state index contributed by atoms with van der Waals surface area (Å²) in [6.07, 6.45) is 1.36. The first kappa shape index (κ1) is 17.3. The highest BCUT2D eigenvalue weighted by Crippen LogP contribution is 2.26. The molecule has 0 aliphatic carbocycles. The highest BCUT2D eigenvalue weighted by Gasteiger charge is 2.35. The van der Waals surface area contributed by atoms with Crippen LogP contribution in [0.4, 0.5) is 4.79 Å². The quantitative estimate of drug-likeness (QED) is 0.607. The van der Waals surface area contributed by atoms with Crippen molar-refractivity contribution < 1.29 is 28.6 Å². The Kier molecular flexibility index (Phi) is 4.74. The third kappa shape index (κ3) is 3.59. The van der Waals surface area contributed by atoms with E-state index in [9.17, 15) is 14.4 Å². The van der Waals surface area contributed by atoms with Crippen molar-refractivity contribution in [1.29, 1.82) is 0 Å². The molecular formula is C18H16N2O6. The summed E-state index contributed by atoms with van der Waals surface area (Å²) < 4.78 is 11.1. The van der Waals surface area contributed by atoms with Gasteiger partial charge in [0, 0.05) is 11.6 Å². The number of aliphatic carboxylic acids is 1. The monoisotopic (exact) mass is 356 g/mol. The zero-order chi connectivity index (χ0) is 18.7. The molecule has 2 N–H and O–H groups in total. The van der Waals surface area contributed by atoms with Gasteiger partial charge in [0.05, 0.1) is 6.61 Å². The van der Waals surface area contributed by atoms with E-state index in [0.717, 1.165) is 11.3 Å². The molecule has 134 valence electrons. The van der Waals surface area contributed by atoms with Gasteiger partial charge in [-0.1, -0.05) is 0 Å². The van der Waals surface area contributed by atoms with Crippen LogP contribution in [0.1, 0.15) is 12.7 Å². The topological polar surface area (TPSA) is 109 Å². The second kappa shape index (κ2) is 7.14. The van der Waals surface area contributed by atoms with Crippen LogP contribution in [-0.2, 0) is 9.59 Å². The maximum atomic E-state index is 12.1. The highest BCUT2D eigenvalue weighted by molar-refractivity contribution is 6.14. The second-order valence-electron chi connectivity index (χ2n) is 5.43. The number of hydrogen-bond donors (Lipinski definition) is 2. The number of furan rings is 1. The smallest absolute Gasteiger partial charge is 0.329 e. The summed E-state index contributed by atoms with van der Waals surface area (Å²) >= 11 is 0. The van der Waals surface area contributed by atoms with Crippen LogP contribution >= 0.6 is 0 Å². The van der Waals surface area contributed by atoms with E-state index < -0.39 is 24.5 Å². The third-order valence-electron chi connectivity index (χ3n) is 3.62. The minimum atomic E-state index is -1.27. The van der Waals surface area contributed by atoms with Crippen molar-refractivity contribution in [3.05, 3.63) is 47.9 Å². The summed E-state index contributed by atoms with van der Waals surface area (Å²) in [6.45, 7) is 1.79. The normalized spacial score (nSPS) is 15.4. The molecule has 3 amide bonds. The fraction of sp³-hybridized carbons (Fsp3) is 0.167. The lowest BCUT2D eigenvalue weighted by atomic mass is 10.2. The minimum absolute atomic E-state index is 0.0381. The van der Waals surface area contributed by atoms with Crippen LogP contribution in [-0.4, -0.2) is 41.1 Å². The van der Waals surface area contributed by atoms with E-state index in [1.165, 1.54) is 6.08 Å². The number of urea groups is 1. The molecule has 0 saturated carbocycles. The number of imide groups is 1. The second-order valence-corrected chi connectivity index (χ2v) is 5.43. The average Bonchev–Trinajstić information content (AvgIpc) is 3.16. The van der Waals surface area contributed by atoms with Gasteiger partial charge in [0.15, 0.2) is 0 Å². The van der Waals surface area contributed by atoms with Crippen molar-refractivity contribution in [3.8, 4) is 17.1 Å². The molecule has 1 aliphatic heterocycles. The first-order chi connectivity index (χ1) is 12.5. The number of benzene rings is 1. The van der Waals surface area contributed by atoms with Gasteiger partial charge < -0.3 is 19.6 Å². The van der Waals surface area contributed by atoms with E-state index in [1.807, 2.05) is 31.2 Å². The van der Waals surface area contributed by atoms with Crippen LogP contribution in [0, 0.1) is 0 Å². The van der Waals surface area contributed by atoms with E-state index >= 15 is 0 Å². The maximum Gasteiger partial charge on any atom is 0.329 e. The Hall–Kier alpha value is -3.55. The number of amides is 3. The summed E-state index contributed by atoms with van der Waals surface area (Å²) in [5, 5.41) is 11.1. The zero-order valence-electron chi connectivity index (χ0n) is 13.9. The number of nitrogens with one attached hydrogen (secondary N) is 1. The van der Waals surface area contributed by atoms with Crippen LogP contribution < -0.4 is 10.1 Å². The third-order valence-corrected chi connectivity index (χ3v) is 3.62. The number of nitrogens with zero attached hydrogens (tertiary/aromatic N) is 1. The van der Waals surface area contributed by atoms with Crippen molar-refractivity contribution >= 4 is 24.0 Å². The molecule has 26 heavy (non-hydrogen) atoms. The van der Waals surface area contributed by atoms with Gasteiger partial charge in [-0.2, -0.15) is 0 Å². The summed E-state index contributed by atoms with van der Waals surface area (Å²) in [5.41, 5.74) is 0.788. The van der Waals surface area contributed by atoms with Crippen molar-refractivity contribution in [3.63, 3.8) is 0 Å². The number of carboxylic acid groups (broad SMARTS) is 1. The Bertz CT molecular complexity index is 881. The molecule has 1 fully saturated rings. The minimum Gasteiger partial charge on any atom is -0.494 e. The molecule has 0 unspecified atom stereocenters. The van der Waals surface area contributed by atoms with Gasteiger partial charge in [0.1, 0.15) is 29.5 Å². The molecule has 1 aromatic heterocycles. The van der Waals surface area contributed by atoms with E-state index in [0.29, 0.717) is 23.0 Å². The lowest BCUT2D eigenvalue weighted by Crippen LogP contribution is -2.35. The van der Waals surface area contributed by atoms with E-state index in [2.05, 4.69) is 5.32 Å². The Balaban J connectivity index is 1.77. The Morgan fingerprint density at radius 3 is 2.62 bits per heavy atom. The molecule has 8 heteroatoms. The summed E-state index contributed by atoms with van der Waals surface area (Å²) in [5.74, 6) is -0.293. The van der Waals surface area contributed by atoms with Gasteiger partial charge in [-0.3, -0.25) is 9.59 Å². The van der Waals surface area contributed by atoms with Gasteiger partial charge in [0.25, 0.3) is 5.91 Å². The van der Waals surface area contributed by atoms with Crippen LogP contribution in [0.3, 0.4) is 0 Å². The first-order valence-electron chi connectivity index (χ1n) is 7.87. The summed E-state index contributed by atoms with van der Waals surface area (Å²) in [6, 6.07) is 9.95. The van der Waals surface area contributed by atoms with E-state index in [1.54, 1.807) is 12.1 Å². The van der Waals surface area contributed by atoms with Crippen LogP contribution in [0.25, 0.3) is 17.4 Å². The molecule has 2 aromatic rings. The number of ether oxygens (including phenoxy) is 1. The maximum absolute atomic E-state index is 12.1. The van der Waals surface area contributed by atoms with Crippen molar-refractivity contribution in [2.24, 2.45) is 0 Å².